The number of carbonyl (C=O) groups excluding carboxylic acids is 1. The molecular weight excluding hydrogens is 270 g/mol. The highest BCUT2D eigenvalue weighted by molar-refractivity contribution is 5.78. The third-order valence-electron chi connectivity index (χ3n) is 4.69. The SMILES string of the molecule is O=C(O)CC1(CC(=O)NCCN2CCNCC2)CCCC1. The van der Waals surface area contributed by atoms with Crippen LogP contribution in [0.2, 0.25) is 0 Å². The minimum absolute atomic E-state index is 0.00767. The molecule has 2 aliphatic rings. The average molecular weight is 297 g/mol. The van der Waals surface area contributed by atoms with Crippen LogP contribution in [0.25, 0.3) is 0 Å². The van der Waals surface area contributed by atoms with Crippen LogP contribution in [0.3, 0.4) is 0 Å². The summed E-state index contributed by atoms with van der Waals surface area (Å²) in [5.41, 5.74) is -0.301. The molecule has 0 spiro atoms. The van der Waals surface area contributed by atoms with Crippen molar-refractivity contribution in [1.82, 2.24) is 15.5 Å². The summed E-state index contributed by atoms with van der Waals surface area (Å²) < 4.78 is 0. The molecular formula is C15H27N3O3. The molecule has 1 amide bonds. The van der Waals surface area contributed by atoms with Gasteiger partial charge >= 0.3 is 5.97 Å². The number of nitrogens with zero attached hydrogens (tertiary/aromatic N) is 1. The lowest BCUT2D eigenvalue weighted by Crippen LogP contribution is -2.46. The Balaban J connectivity index is 1.70. The first kappa shape index (κ1) is 16.2. The Morgan fingerprint density at radius 2 is 1.81 bits per heavy atom. The molecule has 21 heavy (non-hydrogen) atoms. The summed E-state index contributed by atoms with van der Waals surface area (Å²) in [7, 11) is 0. The van der Waals surface area contributed by atoms with E-state index in [0.29, 0.717) is 13.0 Å². The van der Waals surface area contributed by atoms with Gasteiger partial charge in [0.1, 0.15) is 0 Å². The predicted octanol–water partition coefficient (Wildman–Crippen LogP) is 0.433. The number of carboxylic acids is 1. The van der Waals surface area contributed by atoms with Gasteiger partial charge in [-0.2, -0.15) is 0 Å². The van der Waals surface area contributed by atoms with Crippen molar-refractivity contribution >= 4 is 11.9 Å². The molecule has 0 unspecified atom stereocenters. The standard InChI is InChI=1S/C15H27N3O3/c19-13(17-7-10-18-8-5-16-6-9-18)11-15(12-14(20)21)3-1-2-4-15/h16H,1-12H2,(H,17,19)(H,20,21). The van der Waals surface area contributed by atoms with Gasteiger partial charge < -0.3 is 15.7 Å². The van der Waals surface area contributed by atoms with Crippen LogP contribution in [0, 0.1) is 5.41 Å². The van der Waals surface area contributed by atoms with Gasteiger partial charge in [0, 0.05) is 45.7 Å². The molecule has 3 N–H and O–H groups in total. The minimum Gasteiger partial charge on any atom is -0.481 e. The maximum Gasteiger partial charge on any atom is 0.303 e. The highest BCUT2D eigenvalue weighted by Crippen LogP contribution is 2.43. The minimum atomic E-state index is -0.787. The van der Waals surface area contributed by atoms with Crippen molar-refractivity contribution in [2.75, 3.05) is 39.3 Å². The summed E-state index contributed by atoms with van der Waals surface area (Å²) in [5, 5.41) is 15.3. The maximum atomic E-state index is 12.1. The zero-order chi connectivity index (χ0) is 15.1. The van der Waals surface area contributed by atoms with Crippen molar-refractivity contribution in [3.8, 4) is 0 Å². The van der Waals surface area contributed by atoms with Gasteiger partial charge in [0.2, 0.25) is 5.91 Å². The summed E-state index contributed by atoms with van der Waals surface area (Å²) in [6.45, 7) is 5.60. The van der Waals surface area contributed by atoms with Crippen molar-refractivity contribution < 1.29 is 14.7 Å². The second kappa shape index (κ2) is 7.75. The highest BCUT2D eigenvalue weighted by atomic mass is 16.4. The topological polar surface area (TPSA) is 81.7 Å². The number of carbonyl (C=O) groups is 2. The predicted molar refractivity (Wildman–Crippen MR) is 80.1 cm³/mol. The van der Waals surface area contributed by atoms with Crippen LogP contribution in [0.15, 0.2) is 0 Å². The summed E-state index contributed by atoms with van der Waals surface area (Å²) >= 11 is 0. The molecule has 6 nitrogen and oxygen atoms in total. The van der Waals surface area contributed by atoms with Gasteiger partial charge in [-0.25, -0.2) is 0 Å². The van der Waals surface area contributed by atoms with E-state index in [1.54, 1.807) is 0 Å². The lowest BCUT2D eigenvalue weighted by atomic mass is 9.79. The Kier molecular flexibility index (Phi) is 5.99. The Hall–Kier alpha value is -1.14. The van der Waals surface area contributed by atoms with Gasteiger partial charge in [-0.3, -0.25) is 14.5 Å². The zero-order valence-corrected chi connectivity index (χ0v) is 12.7. The number of hydrogen-bond acceptors (Lipinski definition) is 4. The van der Waals surface area contributed by atoms with Crippen molar-refractivity contribution in [2.24, 2.45) is 5.41 Å². The van der Waals surface area contributed by atoms with Gasteiger partial charge in [0.05, 0.1) is 6.42 Å². The molecule has 1 saturated heterocycles. The van der Waals surface area contributed by atoms with Crippen LogP contribution in [-0.2, 0) is 9.59 Å². The average Bonchev–Trinajstić information content (AvgIpc) is 2.87. The monoisotopic (exact) mass is 297 g/mol. The second-order valence-electron chi connectivity index (χ2n) is 6.40. The van der Waals surface area contributed by atoms with E-state index in [1.165, 1.54) is 0 Å². The number of rotatable bonds is 7. The largest absolute Gasteiger partial charge is 0.481 e. The normalized spacial score (nSPS) is 22.1. The van der Waals surface area contributed by atoms with Crippen molar-refractivity contribution in [3.63, 3.8) is 0 Å². The van der Waals surface area contributed by atoms with Crippen LogP contribution < -0.4 is 10.6 Å². The Morgan fingerprint density at radius 1 is 1.14 bits per heavy atom. The van der Waals surface area contributed by atoms with Gasteiger partial charge in [0.15, 0.2) is 0 Å². The molecule has 0 aromatic heterocycles. The third kappa shape index (κ3) is 5.28. The Bertz CT molecular complexity index is 361. The van der Waals surface area contributed by atoms with Crippen molar-refractivity contribution in [2.45, 2.75) is 38.5 Å². The lowest BCUT2D eigenvalue weighted by Gasteiger charge is -2.28. The molecule has 0 aromatic rings. The van der Waals surface area contributed by atoms with E-state index < -0.39 is 5.97 Å². The fourth-order valence-electron chi connectivity index (χ4n) is 3.55. The van der Waals surface area contributed by atoms with Gasteiger partial charge in [-0.15, -0.1) is 0 Å². The number of amides is 1. The number of aliphatic carboxylic acids is 1. The molecule has 1 aliphatic heterocycles. The van der Waals surface area contributed by atoms with E-state index in [2.05, 4.69) is 15.5 Å². The van der Waals surface area contributed by atoms with Crippen LogP contribution >= 0.6 is 0 Å². The van der Waals surface area contributed by atoms with E-state index in [1.807, 2.05) is 0 Å². The number of carboxylic acid groups (broad SMARTS) is 1. The summed E-state index contributed by atoms with van der Waals surface area (Å²) in [5.74, 6) is -0.779. The second-order valence-corrected chi connectivity index (χ2v) is 6.40. The van der Waals surface area contributed by atoms with E-state index in [-0.39, 0.29) is 17.7 Å². The van der Waals surface area contributed by atoms with Crippen LogP contribution in [-0.4, -0.2) is 61.2 Å². The number of hydrogen-bond donors (Lipinski definition) is 3. The number of piperazine rings is 1. The van der Waals surface area contributed by atoms with Crippen LogP contribution in [0.4, 0.5) is 0 Å². The first-order valence-corrected chi connectivity index (χ1v) is 8.01. The van der Waals surface area contributed by atoms with Crippen LogP contribution in [0.1, 0.15) is 38.5 Å². The summed E-state index contributed by atoms with van der Waals surface area (Å²) in [6.07, 6.45) is 4.30. The van der Waals surface area contributed by atoms with E-state index >= 15 is 0 Å². The Labute approximate surface area is 126 Å². The molecule has 6 heteroatoms. The molecule has 2 fully saturated rings. The highest BCUT2D eigenvalue weighted by Gasteiger charge is 2.37. The first-order valence-electron chi connectivity index (χ1n) is 8.01. The molecule has 0 aromatic carbocycles. The third-order valence-corrected chi connectivity index (χ3v) is 4.69. The van der Waals surface area contributed by atoms with Crippen LogP contribution in [0.5, 0.6) is 0 Å². The first-order chi connectivity index (χ1) is 10.1. The molecule has 120 valence electrons. The molecule has 0 atom stereocenters. The molecule has 1 aliphatic carbocycles. The van der Waals surface area contributed by atoms with Gasteiger partial charge in [0.25, 0.3) is 0 Å². The fourth-order valence-corrected chi connectivity index (χ4v) is 3.55. The zero-order valence-electron chi connectivity index (χ0n) is 12.7. The van der Waals surface area contributed by atoms with Gasteiger partial charge in [-0.1, -0.05) is 12.8 Å². The quantitative estimate of drug-likeness (QED) is 0.635. The lowest BCUT2D eigenvalue weighted by molar-refractivity contribution is -0.140. The Morgan fingerprint density at radius 3 is 2.43 bits per heavy atom. The molecule has 0 bridgehead atoms. The van der Waals surface area contributed by atoms with Crippen molar-refractivity contribution in [1.29, 1.82) is 0 Å². The fraction of sp³-hybridized carbons (Fsp3) is 0.867. The maximum absolute atomic E-state index is 12.1. The molecule has 1 heterocycles. The smallest absolute Gasteiger partial charge is 0.303 e. The number of nitrogens with one attached hydrogen (secondary N) is 2. The molecule has 0 radical (unpaired) electrons. The van der Waals surface area contributed by atoms with E-state index in [9.17, 15) is 9.59 Å². The molecule has 1 saturated carbocycles. The van der Waals surface area contributed by atoms with E-state index in [4.69, 9.17) is 5.11 Å². The summed E-state index contributed by atoms with van der Waals surface area (Å²) in [4.78, 5) is 25.4. The summed E-state index contributed by atoms with van der Waals surface area (Å²) in [6, 6.07) is 0. The van der Waals surface area contributed by atoms with Gasteiger partial charge in [-0.05, 0) is 18.3 Å². The molecule has 2 rings (SSSR count). The van der Waals surface area contributed by atoms with E-state index in [0.717, 1.165) is 58.4 Å². The van der Waals surface area contributed by atoms with Crippen molar-refractivity contribution in [3.05, 3.63) is 0 Å².